The third kappa shape index (κ3) is 13.2. The Hall–Kier alpha value is -7.34. The van der Waals surface area contributed by atoms with Gasteiger partial charge < -0.3 is 0 Å². The van der Waals surface area contributed by atoms with E-state index in [1.54, 1.807) is 0 Å². The molecule has 12 heteroatoms. The van der Waals surface area contributed by atoms with Crippen LogP contribution in [0.25, 0.3) is 44.2 Å². The Morgan fingerprint density at radius 2 is 0.577 bits per heavy atom. The fourth-order valence-electron chi connectivity index (χ4n) is 16.5. The molecule has 0 saturated heterocycles. The zero-order valence-electron chi connectivity index (χ0n) is 59.2. The van der Waals surface area contributed by atoms with Crippen LogP contribution < -0.4 is 18.1 Å². The van der Waals surface area contributed by atoms with Gasteiger partial charge in [-0.05, 0) is 214 Å². The summed E-state index contributed by atoms with van der Waals surface area (Å²) >= 11 is 32.3. The molecule has 0 amide bonds. The van der Waals surface area contributed by atoms with Gasteiger partial charge in [-0.25, -0.2) is 0 Å². The van der Waals surface area contributed by atoms with Gasteiger partial charge in [-0.1, -0.05) is 248 Å². The van der Waals surface area contributed by atoms with E-state index in [-0.39, 0.29) is 76.6 Å². The van der Waals surface area contributed by atoms with Crippen LogP contribution in [0.3, 0.4) is 0 Å². The first kappa shape index (κ1) is 72.2. The van der Waals surface area contributed by atoms with Crippen molar-refractivity contribution in [2.45, 2.75) is 167 Å². The second-order valence-corrected chi connectivity index (χ2v) is 34.7. The number of aryl methyl sites for hydroxylation is 4. The molecule has 4 aliphatic carbocycles. The molecule has 15 rings (SSSR count). The standard InChI is InChI=1S/C92H82Cl4O4S4/c1-5-9-13-17-21-55-25-33-59(34-26-55)91(60-35-27-56(28-36-60)22-18-14-10-6-2)73-49-72-74(50-71(73)89-75(91)47-65(103-89)45-63-41-43-81(101-63)83-85(97)67-51-77(93)78(94)52-68(67)86(83)98)92(61-37-29-57(30-38-61)23-19-15-11-7-3,62-39-31-58(32-40-62)24-20-16-12-8-4)76-48-66(104-90(72)76)46-64-42-44-82(102-64)84-87(99)69-53-79(95)80(96)54-70(69)88(84)100/h25-54H,5-24H2,1-4H3/b63-45+,64-46+. The summed E-state index contributed by atoms with van der Waals surface area (Å²) in [5.41, 5.74) is 17.3. The molecule has 11 aromatic rings. The summed E-state index contributed by atoms with van der Waals surface area (Å²) in [7, 11) is 0. The molecule has 4 aromatic heterocycles. The van der Waals surface area contributed by atoms with Crippen molar-refractivity contribution in [3.05, 3.63) is 307 Å². The minimum atomic E-state index is -0.774. The van der Waals surface area contributed by atoms with Crippen molar-refractivity contribution >= 4 is 138 Å². The number of halogens is 4. The summed E-state index contributed by atoms with van der Waals surface area (Å²) in [4.78, 5) is 61.0. The van der Waals surface area contributed by atoms with E-state index >= 15 is 0 Å². The molecule has 0 atom stereocenters. The number of Topliss-reactive ketones (excluding diaryl/α,β-unsaturated/α-hetero) is 4. The van der Waals surface area contributed by atoms with Gasteiger partial charge in [0, 0.05) is 59.9 Å². The maximum atomic E-state index is 14.1. The first-order chi connectivity index (χ1) is 50.7. The molecule has 4 nitrogen and oxygen atoms in total. The van der Waals surface area contributed by atoms with Gasteiger partial charge >= 0.3 is 0 Å². The SMILES string of the molecule is CCCCCCc1ccc(C2(c3ccc(CCCCCC)cc3)c3cc4c(cc3-c3sc(/C=c5\ccc(=C6C(=O)c7cc(Cl)c(Cl)cc7C6=O)s5)cc32)C(c2ccc(CCCCCC)cc2)(c2ccc(CCCCCC)cc2)c2cc(/C=c3\ccc(=C5C(=O)c6cc(Cl)c(Cl)cc6C5=O)s3)sc2-4)cc1. The van der Waals surface area contributed by atoms with Gasteiger partial charge in [-0.15, -0.1) is 45.3 Å². The minimum Gasteiger partial charge on any atom is -0.288 e. The van der Waals surface area contributed by atoms with E-state index in [1.807, 2.05) is 46.9 Å². The Balaban J connectivity index is 0.972. The van der Waals surface area contributed by atoms with E-state index in [4.69, 9.17) is 46.4 Å². The Kier molecular flexibility index (Phi) is 21.4. The van der Waals surface area contributed by atoms with E-state index < -0.39 is 10.8 Å². The van der Waals surface area contributed by atoms with Crippen LogP contribution in [-0.4, -0.2) is 23.1 Å². The molecule has 0 spiro atoms. The Labute approximate surface area is 646 Å². The van der Waals surface area contributed by atoms with E-state index in [0.29, 0.717) is 9.06 Å². The topological polar surface area (TPSA) is 68.3 Å². The highest BCUT2D eigenvalue weighted by Gasteiger charge is 2.53. The number of hydrogen-bond donors (Lipinski definition) is 0. The summed E-state index contributed by atoms with van der Waals surface area (Å²) in [6, 6.07) is 62.4. The van der Waals surface area contributed by atoms with Crippen molar-refractivity contribution in [3.8, 4) is 20.9 Å². The van der Waals surface area contributed by atoms with Crippen LogP contribution >= 0.6 is 91.8 Å². The number of fused-ring (bicyclic) bond motifs is 8. The Bertz CT molecular complexity index is 4920. The quantitative estimate of drug-likeness (QED) is 0.0507. The molecule has 0 aliphatic heterocycles. The number of carbonyl (C=O) groups excluding carboxylic acids is 4. The maximum Gasteiger partial charge on any atom is 0.199 e. The zero-order chi connectivity index (χ0) is 72.0. The van der Waals surface area contributed by atoms with Crippen molar-refractivity contribution in [1.82, 2.24) is 0 Å². The van der Waals surface area contributed by atoms with Gasteiger partial charge in [-0.2, -0.15) is 0 Å². The number of benzene rings is 7. The lowest BCUT2D eigenvalue weighted by molar-refractivity contribution is 0.101. The van der Waals surface area contributed by atoms with Crippen molar-refractivity contribution in [2.75, 3.05) is 0 Å². The molecule has 4 aliphatic rings. The zero-order valence-corrected chi connectivity index (χ0v) is 65.5. The molecule has 0 bridgehead atoms. The number of thiophene rings is 4. The highest BCUT2D eigenvalue weighted by atomic mass is 35.5. The number of carbonyl (C=O) groups is 4. The average Bonchev–Trinajstić information content (AvgIpc) is 1.50. The van der Waals surface area contributed by atoms with Gasteiger partial charge in [-0.3, -0.25) is 19.2 Å². The smallest absolute Gasteiger partial charge is 0.199 e. The summed E-state index contributed by atoms with van der Waals surface area (Å²) < 4.78 is 3.07. The normalized spacial score (nSPS) is 14.8. The summed E-state index contributed by atoms with van der Waals surface area (Å²) in [6.45, 7) is 9.08. The molecule has 0 radical (unpaired) electrons. The lowest BCUT2D eigenvalue weighted by atomic mass is 9.65. The van der Waals surface area contributed by atoms with Gasteiger partial charge in [0.25, 0.3) is 0 Å². The molecule has 104 heavy (non-hydrogen) atoms. The molecule has 0 saturated carbocycles. The van der Waals surface area contributed by atoms with Crippen molar-refractivity contribution < 1.29 is 19.2 Å². The fourth-order valence-corrected chi connectivity index (χ4v) is 21.7. The monoisotopic (exact) mass is 1520 g/mol. The highest BCUT2D eigenvalue weighted by Crippen LogP contribution is 2.65. The second-order valence-electron chi connectivity index (χ2n) is 28.6. The van der Waals surface area contributed by atoms with E-state index in [9.17, 15) is 19.2 Å². The first-order valence-electron chi connectivity index (χ1n) is 37.3. The molecule has 0 unspecified atom stereocenters. The largest absolute Gasteiger partial charge is 0.288 e. The maximum absolute atomic E-state index is 14.1. The Morgan fingerprint density at radius 3 is 0.846 bits per heavy atom. The van der Waals surface area contributed by atoms with E-state index in [0.717, 1.165) is 70.2 Å². The second kappa shape index (κ2) is 30.9. The lowest BCUT2D eigenvalue weighted by Crippen LogP contribution is -2.30. The van der Waals surface area contributed by atoms with Gasteiger partial charge in [0.05, 0.1) is 42.1 Å². The number of ketones is 4. The molecular weight excluding hydrogens is 1440 g/mol. The first-order valence-corrected chi connectivity index (χ1v) is 42.1. The van der Waals surface area contributed by atoms with Crippen molar-refractivity contribution in [2.24, 2.45) is 0 Å². The van der Waals surface area contributed by atoms with Gasteiger partial charge in [0.2, 0.25) is 0 Å². The van der Waals surface area contributed by atoms with Crippen LogP contribution in [0.5, 0.6) is 0 Å². The van der Waals surface area contributed by atoms with Crippen LogP contribution in [0.15, 0.2) is 170 Å². The van der Waals surface area contributed by atoms with E-state index in [2.05, 4.69) is 161 Å². The molecule has 526 valence electrons. The predicted octanol–water partition coefficient (Wildman–Crippen LogP) is 23.9. The number of hydrogen-bond acceptors (Lipinski definition) is 8. The number of unbranched alkanes of at least 4 members (excludes halogenated alkanes) is 12. The van der Waals surface area contributed by atoms with E-state index in [1.165, 1.54) is 212 Å². The van der Waals surface area contributed by atoms with Crippen LogP contribution in [-0.2, 0) is 36.5 Å². The van der Waals surface area contributed by atoms with Crippen molar-refractivity contribution in [3.63, 3.8) is 0 Å². The van der Waals surface area contributed by atoms with Crippen LogP contribution in [0.2, 0.25) is 20.1 Å². The molecule has 7 aromatic carbocycles. The Morgan fingerprint density at radius 1 is 0.298 bits per heavy atom. The number of rotatable bonds is 26. The summed E-state index contributed by atoms with van der Waals surface area (Å²) in [5.74, 6) is -1.36. The third-order valence-corrected chi connectivity index (χ3v) is 27.7. The predicted molar refractivity (Wildman–Crippen MR) is 440 cm³/mol. The average molecular weight is 1520 g/mol. The third-order valence-electron chi connectivity index (χ3n) is 21.9. The summed E-state index contributed by atoms with van der Waals surface area (Å²) in [6.07, 6.45) is 27.6. The van der Waals surface area contributed by atoms with Crippen LogP contribution in [0.1, 0.15) is 248 Å². The molecule has 0 N–H and O–H groups in total. The molecule has 0 fully saturated rings. The molecule has 4 heterocycles. The molecular formula is C92H82Cl4O4S4. The van der Waals surface area contributed by atoms with Crippen LogP contribution in [0, 0.1) is 0 Å². The highest BCUT2D eigenvalue weighted by molar-refractivity contribution is 7.17. The van der Waals surface area contributed by atoms with Gasteiger partial charge in [0.1, 0.15) is 0 Å². The summed E-state index contributed by atoms with van der Waals surface area (Å²) in [5, 5.41) is 0.956. The van der Waals surface area contributed by atoms with Gasteiger partial charge in [0.15, 0.2) is 23.1 Å². The fraction of sp³-hybridized carbons (Fsp3) is 0.283. The van der Waals surface area contributed by atoms with Crippen LogP contribution in [0.4, 0.5) is 0 Å². The minimum absolute atomic E-state index is 0.144. The van der Waals surface area contributed by atoms with Crippen molar-refractivity contribution in [1.29, 1.82) is 0 Å². The lowest BCUT2D eigenvalue weighted by Gasteiger charge is -2.35.